The highest BCUT2D eigenvalue weighted by Gasteiger charge is 2.18. The molecule has 0 saturated carbocycles. The molecule has 1 aliphatic rings. The predicted molar refractivity (Wildman–Crippen MR) is 148 cm³/mol. The minimum absolute atomic E-state index is 0.100. The molecule has 37 heavy (non-hydrogen) atoms. The summed E-state index contributed by atoms with van der Waals surface area (Å²) in [5.41, 5.74) is 8.06. The molecule has 0 spiro atoms. The second-order valence-corrected chi connectivity index (χ2v) is 9.42. The zero-order chi connectivity index (χ0) is 25.9. The maximum Gasteiger partial charge on any atom is 0.355 e. The van der Waals surface area contributed by atoms with Gasteiger partial charge in [0.25, 0.3) is 0 Å². The van der Waals surface area contributed by atoms with E-state index in [0.717, 1.165) is 50.7 Å². The van der Waals surface area contributed by atoms with Crippen molar-refractivity contribution in [1.29, 1.82) is 0 Å². The molecule has 1 saturated heterocycles. The third-order valence-corrected chi connectivity index (χ3v) is 6.92. The average Bonchev–Trinajstić information content (AvgIpc) is 2.90. The zero-order valence-corrected chi connectivity index (χ0v) is 21.7. The third-order valence-electron chi connectivity index (χ3n) is 6.31. The number of para-hydroxylation sites is 1. The van der Waals surface area contributed by atoms with Crippen LogP contribution in [0.25, 0.3) is 16.7 Å². The number of methoxy groups -OCH3 is 1. The molecule has 2 aromatic carbocycles. The Bertz CT molecular complexity index is 1450. The molecule has 3 heterocycles. The van der Waals surface area contributed by atoms with Gasteiger partial charge in [-0.05, 0) is 36.4 Å². The van der Waals surface area contributed by atoms with Crippen LogP contribution in [0.1, 0.15) is 0 Å². The van der Waals surface area contributed by atoms with Gasteiger partial charge in [-0.2, -0.15) is 9.97 Å². The molecule has 0 aliphatic carbocycles. The predicted octanol–water partition coefficient (Wildman–Crippen LogP) is 3.58. The van der Waals surface area contributed by atoms with Crippen LogP contribution in [0.15, 0.2) is 53.5 Å². The van der Waals surface area contributed by atoms with Crippen molar-refractivity contribution in [3.8, 4) is 5.69 Å². The molecule has 4 aromatic rings. The largest absolute Gasteiger partial charge is 0.384 e. The summed E-state index contributed by atoms with van der Waals surface area (Å²) in [4.78, 5) is 30.5. The van der Waals surface area contributed by atoms with Crippen LogP contribution in [-0.2, 0) is 4.74 Å². The number of piperazine rings is 1. The van der Waals surface area contributed by atoms with Crippen molar-refractivity contribution in [3.05, 3.63) is 69.2 Å². The number of rotatable bonds is 7. The van der Waals surface area contributed by atoms with Gasteiger partial charge in [0, 0.05) is 57.4 Å². The number of hydrogen-bond donors (Lipinski definition) is 2. The lowest BCUT2D eigenvalue weighted by atomic mass is 10.2. The van der Waals surface area contributed by atoms with Crippen LogP contribution in [-0.4, -0.2) is 70.9 Å². The normalized spacial score (nSPS) is 14.3. The highest BCUT2D eigenvalue weighted by molar-refractivity contribution is 6.37. The summed E-state index contributed by atoms with van der Waals surface area (Å²) in [7, 11) is 1.73. The van der Waals surface area contributed by atoms with E-state index in [2.05, 4.69) is 42.2 Å². The van der Waals surface area contributed by atoms with E-state index < -0.39 is 5.69 Å². The third kappa shape index (κ3) is 5.33. The van der Waals surface area contributed by atoms with E-state index in [1.165, 1.54) is 10.8 Å². The molecule has 0 unspecified atom stereocenters. The lowest BCUT2D eigenvalue weighted by Crippen LogP contribution is -2.47. The number of halogens is 2. The Labute approximate surface area is 223 Å². The summed E-state index contributed by atoms with van der Waals surface area (Å²) in [6.45, 7) is 5.67. The van der Waals surface area contributed by atoms with Gasteiger partial charge in [-0.25, -0.2) is 14.3 Å². The van der Waals surface area contributed by atoms with Gasteiger partial charge in [0.15, 0.2) is 5.65 Å². The summed E-state index contributed by atoms with van der Waals surface area (Å²) in [6.07, 6.45) is 1.52. The quantitative estimate of drug-likeness (QED) is 0.362. The van der Waals surface area contributed by atoms with Crippen molar-refractivity contribution >= 4 is 57.4 Å². The number of ether oxygens (including phenoxy) is 1. The number of nitrogens with zero attached hydrogens (tertiary/aromatic N) is 6. The molecule has 12 heteroatoms. The Morgan fingerprint density at radius 2 is 1.73 bits per heavy atom. The van der Waals surface area contributed by atoms with Crippen LogP contribution in [0.4, 0.5) is 23.1 Å². The average molecular weight is 541 g/mol. The van der Waals surface area contributed by atoms with Crippen molar-refractivity contribution < 1.29 is 4.74 Å². The summed E-state index contributed by atoms with van der Waals surface area (Å²) < 4.78 is 6.34. The highest BCUT2D eigenvalue weighted by atomic mass is 35.5. The molecular formula is C25H26Cl2N8O2. The van der Waals surface area contributed by atoms with Gasteiger partial charge in [-0.1, -0.05) is 29.3 Å². The van der Waals surface area contributed by atoms with Crippen LogP contribution >= 0.6 is 23.2 Å². The smallest absolute Gasteiger partial charge is 0.355 e. The first-order valence-electron chi connectivity index (χ1n) is 11.8. The van der Waals surface area contributed by atoms with Crippen LogP contribution < -0.4 is 21.6 Å². The lowest BCUT2D eigenvalue weighted by Gasteiger charge is -2.36. The maximum absolute atomic E-state index is 12.8. The molecule has 3 N–H and O–H groups in total. The minimum Gasteiger partial charge on any atom is -0.384 e. The monoisotopic (exact) mass is 540 g/mol. The Morgan fingerprint density at radius 1 is 1.03 bits per heavy atom. The summed E-state index contributed by atoms with van der Waals surface area (Å²) in [6, 6.07) is 13.0. The highest BCUT2D eigenvalue weighted by Crippen LogP contribution is 2.30. The van der Waals surface area contributed by atoms with Crippen LogP contribution in [0.2, 0.25) is 10.0 Å². The first kappa shape index (κ1) is 25.2. The molecular weight excluding hydrogens is 515 g/mol. The number of nitrogens with one attached hydrogen (secondary N) is 1. The Balaban J connectivity index is 1.33. The Hall–Kier alpha value is -3.44. The van der Waals surface area contributed by atoms with E-state index in [9.17, 15) is 4.79 Å². The van der Waals surface area contributed by atoms with E-state index in [0.29, 0.717) is 11.3 Å². The van der Waals surface area contributed by atoms with Crippen molar-refractivity contribution in [3.63, 3.8) is 0 Å². The molecule has 5 rings (SSSR count). The SMILES string of the molecule is COCCN1CCN(c2ccc(Nc3ncc4c(N)n(-c5c(Cl)cccc5Cl)c(=O)nc4n3)cc2)CC1. The Morgan fingerprint density at radius 3 is 2.41 bits per heavy atom. The van der Waals surface area contributed by atoms with E-state index >= 15 is 0 Å². The molecule has 192 valence electrons. The number of benzene rings is 2. The Kier molecular flexibility index (Phi) is 7.43. The zero-order valence-electron chi connectivity index (χ0n) is 20.2. The van der Waals surface area contributed by atoms with Crippen molar-refractivity contribution in [1.82, 2.24) is 24.4 Å². The number of aromatic nitrogens is 4. The molecule has 2 aromatic heterocycles. The van der Waals surface area contributed by atoms with Gasteiger partial charge in [-0.15, -0.1) is 0 Å². The number of nitrogen functional groups attached to an aromatic ring is 1. The molecule has 0 amide bonds. The maximum atomic E-state index is 12.8. The summed E-state index contributed by atoms with van der Waals surface area (Å²) in [5.74, 6) is 0.398. The second kappa shape index (κ2) is 10.9. The molecule has 1 fully saturated rings. The standard InChI is InChI=1S/C25H26Cl2N8O2/c1-37-14-13-33-9-11-34(12-10-33)17-7-5-16(6-8-17)30-24-29-15-18-22(28)35(25(36)32-23(18)31-24)21-19(26)3-2-4-20(21)27/h2-8,15H,9-14,28H2,1H3,(H,30,31,32,36). The van der Waals surface area contributed by atoms with Gasteiger partial charge in [0.2, 0.25) is 5.95 Å². The van der Waals surface area contributed by atoms with Crippen LogP contribution in [0.3, 0.4) is 0 Å². The van der Waals surface area contributed by atoms with Crippen molar-refractivity contribution in [2.45, 2.75) is 0 Å². The van der Waals surface area contributed by atoms with Gasteiger partial charge < -0.3 is 20.7 Å². The number of fused-ring (bicyclic) bond motifs is 1. The van der Waals surface area contributed by atoms with Gasteiger partial charge in [0.1, 0.15) is 5.82 Å². The summed E-state index contributed by atoms with van der Waals surface area (Å²) in [5, 5.41) is 4.12. The number of hydrogen-bond acceptors (Lipinski definition) is 9. The first-order valence-corrected chi connectivity index (χ1v) is 12.5. The number of nitrogens with two attached hydrogens (primary N) is 1. The molecule has 0 atom stereocenters. The second-order valence-electron chi connectivity index (χ2n) is 8.61. The van der Waals surface area contributed by atoms with Crippen LogP contribution in [0, 0.1) is 0 Å². The van der Waals surface area contributed by atoms with E-state index in [1.54, 1.807) is 25.3 Å². The topological polar surface area (TPSA) is 114 Å². The van der Waals surface area contributed by atoms with E-state index in [4.69, 9.17) is 33.7 Å². The fraction of sp³-hybridized carbons (Fsp3) is 0.280. The summed E-state index contributed by atoms with van der Waals surface area (Å²) >= 11 is 12.6. The van der Waals surface area contributed by atoms with Crippen LogP contribution in [0.5, 0.6) is 0 Å². The fourth-order valence-electron chi connectivity index (χ4n) is 4.32. The van der Waals surface area contributed by atoms with Gasteiger partial charge in [0.05, 0.1) is 27.7 Å². The lowest BCUT2D eigenvalue weighted by molar-refractivity contribution is 0.144. The van der Waals surface area contributed by atoms with Crippen molar-refractivity contribution in [2.75, 3.05) is 62.4 Å². The van der Waals surface area contributed by atoms with E-state index in [-0.39, 0.29) is 27.2 Å². The molecule has 1 aliphatic heterocycles. The molecule has 0 bridgehead atoms. The van der Waals surface area contributed by atoms with Gasteiger partial charge >= 0.3 is 5.69 Å². The van der Waals surface area contributed by atoms with Crippen molar-refractivity contribution in [2.24, 2.45) is 0 Å². The first-order chi connectivity index (χ1) is 17.9. The van der Waals surface area contributed by atoms with E-state index in [1.807, 2.05) is 12.1 Å². The molecule has 10 nitrogen and oxygen atoms in total. The molecule has 0 radical (unpaired) electrons. The van der Waals surface area contributed by atoms with Gasteiger partial charge in [-0.3, -0.25) is 4.90 Å². The fourth-order valence-corrected chi connectivity index (χ4v) is 4.88. The minimum atomic E-state index is -0.642. The number of anilines is 4.